The SMILES string of the molecule is O=C(N/N=C/c1cccc(Oc2ccccc2)c1)C(=O)Nc1ccc(F)cc1. The van der Waals surface area contributed by atoms with Crippen molar-refractivity contribution in [2.75, 3.05) is 5.32 Å². The van der Waals surface area contributed by atoms with Gasteiger partial charge in [-0.2, -0.15) is 5.10 Å². The fourth-order valence-corrected chi connectivity index (χ4v) is 2.22. The molecule has 0 aliphatic heterocycles. The molecule has 2 amide bonds. The molecule has 0 aliphatic carbocycles. The average Bonchev–Trinajstić information content (AvgIpc) is 2.71. The van der Waals surface area contributed by atoms with Crippen molar-refractivity contribution in [3.8, 4) is 11.5 Å². The fraction of sp³-hybridized carbons (Fsp3) is 0. The number of nitrogens with one attached hydrogen (secondary N) is 2. The number of nitrogens with zero attached hydrogens (tertiary/aromatic N) is 1. The molecule has 7 heteroatoms. The number of hydrogen-bond donors (Lipinski definition) is 2. The van der Waals surface area contributed by atoms with Crippen LogP contribution in [0.1, 0.15) is 5.56 Å². The Morgan fingerprint density at radius 2 is 1.57 bits per heavy atom. The second kappa shape index (κ2) is 9.09. The summed E-state index contributed by atoms with van der Waals surface area (Å²) in [5, 5.41) is 6.11. The first kappa shape index (κ1) is 18.8. The van der Waals surface area contributed by atoms with Gasteiger partial charge < -0.3 is 10.1 Å². The van der Waals surface area contributed by atoms with Crippen LogP contribution >= 0.6 is 0 Å². The van der Waals surface area contributed by atoms with Crippen LogP contribution in [0.3, 0.4) is 0 Å². The zero-order valence-corrected chi connectivity index (χ0v) is 14.6. The maximum Gasteiger partial charge on any atom is 0.329 e. The van der Waals surface area contributed by atoms with Gasteiger partial charge in [0, 0.05) is 5.69 Å². The van der Waals surface area contributed by atoms with E-state index in [1.807, 2.05) is 30.3 Å². The Bertz CT molecular complexity index is 989. The number of hydrazone groups is 1. The van der Waals surface area contributed by atoms with E-state index < -0.39 is 17.6 Å². The molecule has 0 aliphatic rings. The van der Waals surface area contributed by atoms with Crippen molar-refractivity contribution < 1.29 is 18.7 Å². The van der Waals surface area contributed by atoms with Crippen molar-refractivity contribution in [1.29, 1.82) is 0 Å². The lowest BCUT2D eigenvalue weighted by Gasteiger charge is -2.06. The number of amides is 2. The van der Waals surface area contributed by atoms with Gasteiger partial charge in [0.1, 0.15) is 17.3 Å². The maximum absolute atomic E-state index is 12.8. The van der Waals surface area contributed by atoms with E-state index in [2.05, 4.69) is 15.8 Å². The van der Waals surface area contributed by atoms with E-state index in [0.717, 1.165) is 0 Å². The zero-order valence-electron chi connectivity index (χ0n) is 14.6. The van der Waals surface area contributed by atoms with E-state index in [9.17, 15) is 14.0 Å². The molecule has 0 saturated heterocycles. The minimum absolute atomic E-state index is 0.302. The van der Waals surface area contributed by atoms with Crippen LogP contribution in [0.4, 0.5) is 10.1 Å². The summed E-state index contributed by atoms with van der Waals surface area (Å²) in [5.74, 6) is -0.995. The van der Waals surface area contributed by atoms with E-state index in [0.29, 0.717) is 22.7 Å². The van der Waals surface area contributed by atoms with Gasteiger partial charge in [-0.1, -0.05) is 30.3 Å². The molecule has 0 bridgehead atoms. The molecule has 2 N–H and O–H groups in total. The number of halogens is 1. The molecule has 0 radical (unpaired) electrons. The van der Waals surface area contributed by atoms with Gasteiger partial charge in [-0.15, -0.1) is 0 Å². The molecule has 3 aromatic carbocycles. The van der Waals surface area contributed by atoms with Gasteiger partial charge in [-0.05, 0) is 54.1 Å². The standard InChI is InChI=1S/C21H16FN3O3/c22-16-9-11-17(12-10-16)24-20(26)21(27)25-23-14-15-5-4-8-19(13-15)28-18-6-2-1-3-7-18/h1-14H,(H,24,26)(H,25,27)/b23-14+. The summed E-state index contributed by atoms with van der Waals surface area (Å²) in [4.78, 5) is 23.6. The molecule has 140 valence electrons. The Morgan fingerprint density at radius 1 is 0.857 bits per heavy atom. The average molecular weight is 377 g/mol. The van der Waals surface area contributed by atoms with Gasteiger partial charge in [0.15, 0.2) is 0 Å². The Hall–Kier alpha value is -4.00. The van der Waals surface area contributed by atoms with E-state index in [4.69, 9.17) is 4.74 Å². The normalized spacial score (nSPS) is 10.5. The number of anilines is 1. The number of carbonyl (C=O) groups is 2. The second-order valence-corrected chi connectivity index (χ2v) is 5.65. The van der Waals surface area contributed by atoms with Crippen molar-refractivity contribution >= 4 is 23.7 Å². The molecular formula is C21H16FN3O3. The number of carbonyl (C=O) groups excluding carboxylic acids is 2. The van der Waals surface area contributed by atoms with Crippen LogP contribution < -0.4 is 15.5 Å². The zero-order chi connectivity index (χ0) is 19.8. The van der Waals surface area contributed by atoms with Crippen LogP contribution in [0.5, 0.6) is 11.5 Å². The van der Waals surface area contributed by atoms with Crippen molar-refractivity contribution in [1.82, 2.24) is 5.43 Å². The molecule has 0 unspecified atom stereocenters. The number of para-hydroxylation sites is 1. The minimum Gasteiger partial charge on any atom is -0.457 e. The smallest absolute Gasteiger partial charge is 0.329 e. The lowest BCUT2D eigenvalue weighted by Crippen LogP contribution is -2.32. The van der Waals surface area contributed by atoms with E-state index in [1.165, 1.54) is 30.5 Å². The number of hydrogen-bond acceptors (Lipinski definition) is 4. The predicted molar refractivity (Wildman–Crippen MR) is 104 cm³/mol. The summed E-state index contributed by atoms with van der Waals surface area (Å²) in [6.07, 6.45) is 1.39. The largest absolute Gasteiger partial charge is 0.457 e. The van der Waals surface area contributed by atoms with Gasteiger partial charge in [-0.3, -0.25) is 9.59 Å². The highest BCUT2D eigenvalue weighted by molar-refractivity contribution is 6.39. The molecule has 3 rings (SSSR count). The molecule has 3 aromatic rings. The maximum atomic E-state index is 12.8. The highest BCUT2D eigenvalue weighted by Crippen LogP contribution is 2.21. The monoisotopic (exact) mass is 377 g/mol. The third-order valence-electron chi connectivity index (χ3n) is 3.53. The molecule has 0 saturated carbocycles. The van der Waals surface area contributed by atoms with Gasteiger partial charge in [0.25, 0.3) is 0 Å². The topological polar surface area (TPSA) is 79.8 Å². The predicted octanol–water partition coefficient (Wildman–Crippen LogP) is 3.71. The molecule has 0 aromatic heterocycles. The number of ether oxygens (including phenoxy) is 1. The van der Waals surface area contributed by atoms with Crippen LogP contribution in [-0.4, -0.2) is 18.0 Å². The van der Waals surface area contributed by atoms with Crippen LogP contribution in [0.25, 0.3) is 0 Å². The first-order valence-corrected chi connectivity index (χ1v) is 8.33. The lowest BCUT2D eigenvalue weighted by atomic mass is 10.2. The molecule has 0 spiro atoms. The first-order chi connectivity index (χ1) is 13.6. The molecule has 0 atom stereocenters. The summed E-state index contributed by atoms with van der Waals surface area (Å²) in [6, 6.07) is 21.4. The van der Waals surface area contributed by atoms with Gasteiger partial charge >= 0.3 is 11.8 Å². The van der Waals surface area contributed by atoms with E-state index >= 15 is 0 Å². The molecule has 28 heavy (non-hydrogen) atoms. The third kappa shape index (κ3) is 5.50. The summed E-state index contributed by atoms with van der Waals surface area (Å²) in [7, 11) is 0. The summed E-state index contributed by atoms with van der Waals surface area (Å²) in [6.45, 7) is 0. The fourth-order valence-electron chi connectivity index (χ4n) is 2.22. The summed E-state index contributed by atoms with van der Waals surface area (Å²) in [5.41, 5.74) is 3.11. The van der Waals surface area contributed by atoms with Gasteiger partial charge in [-0.25, -0.2) is 9.82 Å². The molecule has 6 nitrogen and oxygen atoms in total. The van der Waals surface area contributed by atoms with Crippen LogP contribution in [0, 0.1) is 5.82 Å². The van der Waals surface area contributed by atoms with Gasteiger partial charge in [0.05, 0.1) is 6.21 Å². The Labute approximate surface area is 160 Å². The van der Waals surface area contributed by atoms with Crippen molar-refractivity contribution in [3.05, 3.63) is 90.2 Å². The van der Waals surface area contributed by atoms with Crippen molar-refractivity contribution in [2.24, 2.45) is 5.10 Å². The van der Waals surface area contributed by atoms with E-state index in [1.54, 1.807) is 24.3 Å². The molecule has 0 fully saturated rings. The third-order valence-corrected chi connectivity index (χ3v) is 3.53. The summed E-state index contributed by atoms with van der Waals surface area (Å²) < 4.78 is 18.6. The highest BCUT2D eigenvalue weighted by atomic mass is 19.1. The van der Waals surface area contributed by atoms with Crippen LogP contribution in [-0.2, 0) is 9.59 Å². The Kier molecular flexibility index (Phi) is 6.10. The highest BCUT2D eigenvalue weighted by Gasteiger charge is 2.12. The second-order valence-electron chi connectivity index (χ2n) is 5.65. The van der Waals surface area contributed by atoms with Crippen molar-refractivity contribution in [3.63, 3.8) is 0 Å². The van der Waals surface area contributed by atoms with Crippen LogP contribution in [0.15, 0.2) is 84.0 Å². The Morgan fingerprint density at radius 3 is 2.32 bits per heavy atom. The van der Waals surface area contributed by atoms with Gasteiger partial charge in [0.2, 0.25) is 0 Å². The van der Waals surface area contributed by atoms with Crippen LogP contribution in [0.2, 0.25) is 0 Å². The summed E-state index contributed by atoms with van der Waals surface area (Å²) >= 11 is 0. The molecule has 0 heterocycles. The van der Waals surface area contributed by atoms with Crippen molar-refractivity contribution in [2.45, 2.75) is 0 Å². The number of benzene rings is 3. The Balaban J connectivity index is 1.55. The molecular weight excluding hydrogens is 361 g/mol. The van der Waals surface area contributed by atoms with E-state index in [-0.39, 0.29) is 0 Å². The first-order valence-electron chi connectivity index (χ1n) is 8.33. The minimum atomic E-state index is -0.947. The number of rotatable bonds is 5. The quantitative estimate of drug-likeness (QED) is 0.404. The lowest BCUT2D eigenvalue weighted by molar-refractivity contribution is -0.136.